The Bertz CT molecular complexity index is 769. The number of fused-ring (bicyclic) bond motifs is 1. The van der Waals surface area contributed by atoms with E-state index in [1.807, 2.05) is 28.0 Å². The van der Waals surface area contributed by atoms with Crippen molar-refractivity contribution in [1.29, 1.82) is 0 Å². The van der Waals surface area contributed by atoms with Crippen LogP contribution < -0.4 is 4.90 Å². The van der Waals surface area contributed by atoms with E-state index >= 15 is 0 Å². The number of nitrogens with zero attached hydrogens (tertiary/aromatic N) is 4. The fourth-order valence-corrected chi connectivity index (χ4v) is 4.23. The number of halogens is 1. The molecule has 2 saturated heterocycles. The lowest BCUT2D eigenvalue weighted by atomic mass is 9.83. The van der Waals surface area contributed by atoms with Gasteiger partial charge in [0.05, 0.1) is 0 Å². The number of hydrogen-bond acceptors (Lipinski definition) is 4. The Hall–Kier alpha value is -2.50. The molecule has 5 nitrogen and oxygen atoms in total. The van der Waals surface area contributed by atoms with Crippen LogP contribution in [-0.2, 0) is 11.2 Å². The number of piperidine rings is 2. The minimum Gasteiger partial charge on any atom is -0.354 e. The smallest absolute Gasteiger partial charge is 0.222 e. The predicted molar refractivity (Wildman–Crippen MR) is 97.2 cm³/mol. The van der Waals surface area contributed by atoms with Crippen molar-refractivity contribution in [2.24, 2.45) is 5.92 Å². The number of pyridine rings is 2. The summed E-state index contributed by atoms with van der Waals surface area (Å²) >= 11 is 0. The Balaban J connectivity index is 1.44. The number of carbonyl (C=O) groups excluding carboxylic acids is 1. The van der Waals surface area contributed by atoms with Crippen LogP contribution in [0, 0.1) is 11.7 Å². The highest BCUT2D eigenvalue weighted by atomic mass is 19.1. The summed E-state index contributed by atoms with van der Waals surface area (Å²) in [5, 5.41) is 0. The molecule has 2 aromatic heterocycles. The number of likely N-dealkylation sites (tertiary alicyclic amines) is 1. The third kappa shape index (κ3) is 3.41. The van der Waals surface area contributed by atoms with Crippen molar-refractivity contribution in [3.8, 4) is 0 Å². The number of hydrogen-bond donors (Lipinski definition) is 0. The summed E-state index contributed by atoms with van der Waals surface area (Å²) in [5.41, 5.74) is 1.01. The van der Waals surface area contributed by atoms with Gasteiger partial charge in [-0.25, -0.2) is 9.37 Å². The summed E-state index contributed by atoms with van der Waals surface area (Å²) in [6.45, 7) is 2.18. The second-order valence-corrected chi connectivity index (χ2v) is 7.07. The largest absolute Gasteiger partial charge is 0.354 e. The van der Waals surface area contributed by atoms with Crippen molar-refractivity contribution in [1.82, 2.24) is 14.9 Å². The first-order valence-corrected chi connectivity index (χ1v) is 9.27. The van der Waals surface area contributed by atoms with E-state index in [0.717, 1.165) is 38.0 Å². The SMILES string of the molecule is O=C1CC[C@@H]2CN(c3ncccc3F)CC[C@@H]2N1CCc1ccccn1. The molecule has 2 aromatic rings. The molecule has 26 heavy (non-hydrogen) atoms. The molecule has 6 heteroatoms. The Morgan fingerprint density at radius 1 is 1.12 bits per heavy atom. The van der Waals surface area contributed by atoms with Crippen LogP contribution in [-0.4, -0.2) is 46.5 Å². The van der Waals surface area contributed by atoms with Crippen molar-refractivity contribution < 1.29 is 9.18 Å². The first-order chi connectivity index (χ1) is 12.7. The van der Waals surface area contributed by atoms with Gasteiger partial charge in [0.2, 0.25) is 5.91 Å². The molecular formula is C20H23FN4O. The topological polar surface area (TPSA) is 49.3 Å². The second-order valence-electron chi connectivity index (χ2n) is 7.07. The molecular weight excluding hydrogens is 331 g/mol. The van der Waals surface area contributed by atoms with Gasteiger partial charge in [0.15, 0.2) is 11.6 Å². The molecule has 4 rings (SSSR count). The maximum atomic E-state index is 14.1. The van der Waals surface area contributed by atoms with E-state index in [-0.39, 0.29) is 17.8 Å². The summed E-state index contributed by atoms with van der Waals surface area (Å²) in [7, 11) is 0. The van der Waals surface area contributed by atoms with Crippen LogP contribution in [0.25, 0.3) is 0 Å². The number of carbonyl (C=O) groups is 1. The first-order valence-electron chi connectivity index (χ1n) is 9.27. The normalized spacial score (nSPS) is 23.0. The van der Waals surface area contributed by atoms with Crippen LogP contribution in [0.2, 0.25) is 0 Å². The zero-order valence-corrected chi connectivity index (χ0v) is 14.7. The highest BCUT2D eigenvalue weighted by Crippen LogP contribution is 2.33. The molecule has 2 atom stereocenters. The molecule has 0 radical (unpaired) electrons. The maximum absolute atomic E-state index is 14.1. The monoisotopic (exact) mass is 354 g/mol. The van der Waals surface area contributed by atoms with Gasteiger partial charge in [-0.1, -0.05) is 6.07 Å². The maximum Gasteiger partial charge on any atom is 0.222 e. The molecule has 0 spiro atoms. The summed E-state index contributed by atoms with van der Waals surface area (Å²) in [6, 6.07) is 9.18. The van der Waals surface area contributed by atoms with Crippen molar-refractivity contribution in [3.63, 3.8) is 0 Å². The van der Waals surface area contributed by atoms with Crippen LogP contribution in [0.3, 0.4) is 0 Å². The van der Waals surface area contributed by atoms with E-state index in [1.165, 1.54) is 6.07 Å². The minimum atomic E-state index is -0.273. The average molecular weight is 354 g/mol. The minimum absolute atomic E-state index is 0.236. The Labute approximate surface area is 152 Å². The molecule has 136 valence electrons. The van der Waals surface area contributed by atoms with Gasteiger partial charge in [-0.3, -0.25) is 9.78 Å². The highest BCUT2D eigenvalue weighted by molar-refractivity contribution is 5.77. The van der Waals surface area contributed by atoms with Gasteiger partial charge in [-0.05, 0) is 43.0 Å². The number of aromatic nitrogens is 2. The molecule has 4 heterocycles. The zero-order chi connectivity index (χ0) is 17.9. The lowest BCUT2D eigenvalue weighted by Gasteiger charge is -2.47. The molecule has 0 N–H and O–H groups in total. The Kier molecular flexibility index (Phi) is 4.82. The second kappa shape index (κ2) is 7.40. The first kappa shape index (κ1) is 16.9. The van der Waals surface area contributed by atoms with Crippen LogP contribution in [0.4, 0.5) is 10.2 Å². The molecule has 0 aromatic carbocycles. The van der Waals surface area contributed by atoms with E-state index in [1.54, 1.807) is 18.5 Å². The fraction of sp³-hybridized carbons (Fsp3) is 0.450. The highest BCUT2D eigenvalue weighted by Gasteiger charge is 2.39. The summed E-state index contributed by atoms with van der Waals surface area (Å²) in [6.07, 6.45) is 6.49. The summed E-state index contributed by atoms with van der Waals surface area (Å²) in [5.74, 6) is 0.763. The standard InChI is InChI=1S/C20H23FN4O/c21-17-5-3-11-23-20(17)24-12-9-18-15(14-24)6-7-19(26)25(18)13-8-16-4-1-2-10-22-16/h1-5,10-11,15,18H,6-9,12-14H2/t15-,18+/m1/s1. The van der Waals surface area contributed by atoms with Crippen molar-refractivity contribution >= 4 is 11.7 Å². The molecule has 2 aliphatic heterocycles. The molecule has 0 unspecified atom stereocenters. The van der Waals surface area contributed by atoms with Crippen molar-refractivity contribution in [2.75, 3.05) is 24.5 Å². The molecule has 2 fully saturated rings. The number of amides is 1. The van der Waals surface area contributed by atoms with Gasteiger partial charge < -0.3 is 9.80 Å². The quantitative estimate of drug-likeness (QED) is 0.847. The molecule has 0 saturated carbocycles. The average Bonchev–Trinajstić information content (AvgIpc) is 2.68. The van der Waals surface area contributed by atoms with E-state index in [9.17, 15) is 9.18 Å². The number of anilines is 1. The lowest BCUT2D eigenvalue weighted by Crippen LogP contribution is -2.56. The Morgan fingerprint density at radius 2 is 2.00 bits per heavy atom. The van der Waals surface area contributed by atoms with Gasteiger partial charge in [0.25, 0.3) is 0 Å². The van der Waals surface area contributed by atoms with E-state index in [4.69, 9.17) is 0 Å². The van der Waals surface area contributed by atoms with Crippen LogP contribution in [0.1, 0.15) is 25.0 Å². The van der Waals surface area contributed by atoms with Crippen LogP contribution in [0.15, 0.2) is 42.7 Å². The molecule has 0 bridgehead atoms. The third-order valence-electron chi connectivity index (χ3n) is 5.52. The van der Waals surface area contributed by atoms with E-state index < -0.39 is 0 Å². The van der Waals surface area contributed by atoms with Gasteiger partial charge in [-0.2, -0.15) is 0 Å². The molecule has 2 aliphatic rings. The van der Waals surface area contributed by atoms with Crippen LogP contribution in [0.5, 0.6) is 0 Å². The predicted octanol–water partition coefficient (Wildman–Crippen LogP) is 2.68. The van der Waals surface area contributed by atoms with Crippen molar-refractivity contribution in [2.45, 2.75) is 31.7 Å². The molecule has 1 amide bonds. The van der Waals surface area contributed by atoms with Gasteiger partial charge >= 0.3 is 0 Å². The summed E-state index contributed by atoms with van der Waals surface area (Å²) < 4.78 is 14.1. The third-order valence-corrected chi connectivity index (χ3v) is 5.52. The van der Waals surface area contributed by atoms with Crippen LogP contribution >= 0.6 is 0 Å². The van der Waals surface area contributed by atoms with Gasteiger partial charge in [-0.15, -0.1) is 0 Å². The van der Waals surface area contributed by atoms with Crippen molar-refractivity contribution in [3.05, 3.63) is 54.2 Å². The fourth-order valence-electron chi connectivity index (χ4n) is 4.23. The number of rotatable bonds is 4. The summed E-state index contributed by atoms with van der Waals surface area (Å²) in [4.78, 5) is 25.1. The van der Waals surface area contributed by atoms with E-state index in [2.05, 4.69) is 9.97 Å². The Morgan fingerprint density at radius 3 is 2.81 bits per heavy atom. The lowest BCUT2D eigenvalue weighted by molar-refractivity contribution is -0.139. The van der Waals surface area contributed by atoms with E-state index in [0.29, 0.717) is 24.7 Å². The molecule has 0 aliphatic carbocycles. The van der Waals surface area contributed by atoms with Gasteiger partial charge in [0, 0.05) is 56.6 Å². The zero-order valence-electron chi connectivity index (χ0n) is 14.7. The van der Waals surface area contributed by atoms with Gasteiger partial charge in [0.1, 0.15) is 0 Å².